The minimum absolute atomic E-state index is 0.314. The van der Waals surface area contributed by atoms with E-state index in [2.05, 4.69) is 4.90 Å². The van der Waals surface area contributed by atoms with E-state index < -0.39 is 0 Å². The van der Waals surface area contributed by atoms with E-state index >= 15 is 0 Å². The highest BCUT2D eigenvalue weighted by Gasteiger charge is 2.19. The highest BCUT2D eigenvalue weighted by molar-refractivity contribution is 4.74. The van der Waals surface area contributed by atoms with Crippen LogP contribution in [0.3, 0.4) is 0 Å². The minimum atomic E-state index is 0.314. The van der Waals surface area contributed by atoms with Gasteiger partial charge in [0, 0.05) is 25.8 Å². The van der Waals surface area contributed by atoms with Gasteiger partial charge in [0.25, 0.3) is 0 Å². The molecule has 3 nitrogen and oxygen atoms in total. The minimum Gasteiger partial charge on any atom is -0.395 e. The van der Waals surface area contributed by atoms with E-state index in [9.17, 15) is 5.11 Å². The van der Waals surface area contributed by atoms with Gasteiger partial charge in [-0.25, -0.2) is 0 Å². The Hall–Kier alpha value is -0.120. The number of rotatable bonds is 6. The van der Waals surface area contributed by atoms with E-state index in [0.717, 1.165) is 39.1 Å². The number of likely N-dealkylation sites (tertiary alicyclic amines) is 1. The Labute approximate surface area is 93.4 Å². The van der Waals surface area contributed by atoms with Crippen LogP contribution in [0.15, 0.2) is 0 Å². The molecular formula is C12H25NO2. The number of aliphatic hydroxyl groups excluding tert-OH is 1. The van der Waals surface area contributed by atoms with Crippen molar-refractivity contribution in [3.05, 3.63) is 0 Å². The van der Waals surface area contributed by atoms with E-state index in [1.807, 2.05) is 6.92 Å². The molecule has 0 saturated carbocycles. The van der Waals surface area contributed by atoms with Gasteiger partial charge in [0.15, 0.2) is 0 Å². The Morgan fingerprint density at radius 3 is 2.93 bits per heavy atom. The standard InChI is InChI=1S/C12H25NO2/c1-2-15-10-6-9-13-8-5-3-4-7-12(13)11-14/h12,14H,2-11H2,1H3. The topological polar surface area (TPSA) is 32.7 Å². The Morgan fingerprint density at radius 2 is 2.20 bits per heavy atom. The molecule has 1 fully saturated rings. The van der Waals surface area contributed by atoms with Crippen LogP contribution in [0.25, 0.3) is 0 Å². The molecule has 0 aromatic carbocycles. The molecule has 90 valence electrons. The molecular weight excluding hydrogens is 190 g/mol. The van der Waals surface area contributed by atoms with E-state index in [0.29, 0.717) is 12.6 Å². The summed E-state index contributed by atoms with van der Waals surface area (Å²) in [6.45, 7) is 6.23. The van der Waals surface area contributed by atoms with Crippen molar-refractivity contribution in [2.45, 2.75) is 45.1 Å². The summed E-state index contributed by atoms with van der Waals surface area (Å²) in [4.78, 5) is 2.44. The van der Waals surface area contributed by atoms with Crippen LogP contribution in [0.2, 0.25) is 0 Å². The molecule has 1 saturated heterocycles. The SMILES string of the molecule is CCOCCCN1CCCCCC1CO. The summed E-state index contributed by atoms with van der Waals surface area (Å²) in [5.41, 5.74) is 0. The van der Waals surface area contributed by atoms with Crippen LogP contribution in [0, 0.1) is 0 Å². The van der Waals surface area contributed by atoms with Gasteiger partial charge in [-0.05, 0) is 32.7 Å². The molecule has 1 heterocycles. The molecule has 0 spiro atoms. The molecule has 0 aromatic heterocycles. The first-order chi connectivity index (χ1) is 7.38. The van der Waals surface area contributed by atoms with Crippen LogP contribution < -0.4 is 0 Å². The second-order valence-electron chi connectivity index (χ2n) is 4.27. The summed E-state index contributed by atoms with van der Waals surface area (Å²) in [5, 5.41) is 9.32. The number of aliphatic hydroxyl groups is 1. The van der Waals surface area contributed by atoms with Gasteiger partial charge in [-0.3, -0.25) is 4.90 Å². The third kappa shape index (κ3) is 4.96. The first-order valence-electron chi connectivity index (χ1n) is 6.31. The highest BCUT2D eigenvalue weighted by atomic mass is 16.5. The summed E-state index contributed by atoms with van der Waals surface area (Å²) < 4.78 is 5.34. The molecule has 3 heteroatoms. The fraction of sp³-hybridized carbons (Fsp3) is 1.00. The molecule has 0 bridgehead atoms. The second kappa shape index (κ2) is 8.08. The number of hydrogen-bond acceptors (Lipinski definition) is 3. The van der Waals surface area contributed by atoms with Gasteiger partial charge >= 0.3 is 0 Å². The van der Waals surface area contributed by atoms with E-state index in [1.54, 1.807) is 0 Å². The monoisotopic (exact) mass is 215 g/mol. The zero-order valence-corrected chi connectivity index (χ0v) is 9.95. The molecule has 1 aliphatic heterocycles. The third-order valence-electron chi connectivity index (χ3n) is 3.15. The first kappa shape index (κ1) is 12.9. The van der Waals surface area contributed by atoms with Gasteiger partial charge in [0.2, 0.25) is 0 Å². The van der Waals surface area contributed by atoms with Crippen LogP contribution in [0.5, 0.6) is 0 Å². The maximum atomic E-state index is 9.32. The van der Waals surface area contributed by atoms with Gasteiger partial charge in [-0.1, -0.05) is 12.8 Å². The molecule has 1 rings (SSSR count). The number of hydrogen-bond donors (Lipinski definition) is 1. The van der Waals surface area contributed by atoms with E-state index in [4.69, 9.17) is 4.74 Å². The van der Waals surface area contributed by atoms with Crippen molar-refractivity contribution in [3.63, 3.8) is 0 Å². The van der Waals surface area contributed by atoms with Gasteiger partial charge in [-0.2, -0.15) is 0 Å². The van der Waals surface area contributed by atoms with Crippen molar-refractivity contribution >= 4 is 0 Å². The Morgan fingerprint density at radius 1 is 1.33 bits per heavy atom. The predicted octanol–water partition coefficient (Wildman–Crippen LogP) is 1.65. The highest BCUT2D eigenvalue weighted by Crippen LogP contribution is 2.16. The fourth-order valence-electron chi connectivity index (χ4n) is 2.25. The first-order valence-corrected chi connectivity index (χ1v) is 6.31. The zero-order valence-electron chi connectivity index (χ0n) is 9.95. The van der Waals surface area contributed by atoms with Crippen molar-refractivity contribution in [3.8, 4) is 0 Å². The molecule has 0 amide bonds. The molecule has 0 radical (unpaired) electrons. The largest absolute Gasteiger partial charge is 0.395 e. The smallest absolute Gasteiger partial charge is 0.0586 e. The van der Waals surface area contributed by atoms with Gasteiger partial charge in [0.1, 0.15) is 0 Å². The average Bonchev–Trinajstić information content (AvgIpc) is 2.49. The second-order valence-corrected chi connectivity index (χ2v) is 4.27. The van der Waals surface area contributed by atoms with Crippen LogP contribution in [-0.4, -0.2) is 49.0 Å². The third-order valence-corrected chi connectivity index (χ3v) is 3.15. The summed E-state index contributed by atoms with van der Waals surface area (Å²) in [5.74, 6) is 0. The zero-order chi connectivity index (χ0) is 10.9. The fourth-order valence-corrected chi connectivity index (χ4v) is 2.25. The Balaban J connectivity index is 2.22. The van der Waals surface area contributed by atoms with Gasteiger partial charge in [-0.15, -0.1) is 0 Å². The number of ether oxygens (including phenoxy) is 1. The normalized spacial score (nSPS) is 24.0. The predicted molar refractivity (Wildman–Crippen MR) is 62.0 cm³/mol. The lowest BCUT2D eigenvalue weighted by Gasteiger charge is -2.28. The van der Waals surface area contributed by atoms with Crippen molar-refractivity contribution in [1.82, 2.24) is 4.90 Å². The molecule has 0 aromatic rings. The van der Waals surface area contributed by atoms with Crippen LogP contribution >= 0.6 is 0 Å². The van der Waals surface area contributed by atoms with Crippen LogP contribution in [0.4, 0.5) is 0 Å². The number of nitrogens with zero attached hydrogens (tertiary/aromatic N) is 1. The van der Waals surface area contributed by atoms with E-state index in [1.165, 1.54) is 19.3 Å². The lowest BCUT2D eigenvalue weighted by atomic mass is 10.1. The van der Waals surface area contributed by atoms with Crippen molar-refractivity contribution in [1.29, 1.82) is 0 Å². The van der Waals surface area contributed by atoms with Crippen LogP contribution in [-0.2, 0) is 4.74 Å². The molecule has 1 aliphatic rings. The lowest BCUT2D eigenvalue weighted by Crippen LogP contribution is -2.38. The maximum absolute atomic E-state index is 9.32. The lowest BCUT2D eigenvalue weighted by molar-refractivity contribution is 0.0978. The Kier molecular flexibility index (Phi) is 6.98. The maximum Gasteiger partial charge on any atom is 0.0586 e. The van der Waals surface area contributed by atoms with E-state index in [-0.39, 0.29) is 0 Å². The summed E-state index contributed by atoms with van der Waals surface area (Å²) in [7, 11) is 0. The average molecular weight is 215 g/mol. The Bertz CT molecular complexity index is 153. The van der Waals surface area contributed by atoms with Gasteiger partial charge < -0.3 is 9.84 Å². The van der Waals surface area contributed by atoms with Crippen molar-refractivity contribution < 1.29 is 9.84 Å². The van der Waals surface area contributed by atoms with Crippen molar-refractivity contribution in [2.75, 3.05) is 32.9 Å². The summed E-state index contributed by atoms with van der Waals surface area (Å²) >= 11 is 0. The molecule has 1 atom stereocenters. The molecule has 1 unspecified atom stereocenters. The van der Waals surface area contributed by atoms with Crippen molar-refractivity contribution in [2.24, 2.45) is 0 Å². The molecule has 1 N–H and O–H groups in total. The van der Waals surface area contributed by atoms with Crippen LogP contribution in [0.1, 0.15) is 39.0 Å². The molecule has 15 heavy (non-hydrogen) atoms. The quantitative estimate of drug-likeness (QED) is 0.684. The van der Waals surface area contributed by atoms with Gasteiger partial charge in [0.05, 0.1) is 6.61 Å². The molecule has 0 aliphatic carbocycles. The summed E-state index contributed by atoms with van der Waals surface area (Å²) in [6, 6.07) is 0.397. The summed E-state index contributed by atoms with van der Waals surface area (Å²) in [6.07, 6.45) is 6.12.